The van der Waals surface area contributed by atoms with Gasteiger partial charge in [-0.05, 0) is 25.0 Å². The monoisotopic (exact) mass is 317 g/mol. The predicted molar refractivity (Wildman–Crippen MR) is 81.1 cm³/mol. The number of hydrogen-bond donors (Lipinski definition) is 0. The summed E-state index contributed by atoms with van der Waals surface area (Å²) in [6, 6.07) is 7.29. The Morgan fingerprint density at radius 2 is 2.00 bits per heavy atom. The molecule has 2 aliphatic heterocycles. The number of carbonyl (C=O) groups excluding carboxylic acids is 2. The zero-order valence-corrected chi connectivity index (χ0v) is 13.2. The van der Waals surface area contributed by atoms with E-state index >= 15 is 0 Å². The van der Waals surface area contributed by atoms with E-state index in [0.29, 0.717) is 24.3 Å². The van der Waals surface area contributed by atoms with Crippen LogP contribution in [0.2, 0.25) is 0 Å². The fourth-order valence-electron chi connectivity index (χ4n) is 4.45. The minimum atomic E-state index is -1.24. The Morgan fingerprint density at radius 3 is 2.78 bits per heavy atom. The average molecular weight is 317 g/mol. The molecule has 0 bridgehead atoms. The van der Waals surface area contributed by atoms with Crippen LogP contribution in [-0.4, -0.2) is 30.5 Å². The lowest BCUT2D eigenvalue weighted by Crippen LogP contribution is -2.60. The molecule has 0 aromatic heterocycles. The lowest BCUT2D eigenvalue weighted by Gasteiger charge is -2.43. The molecule has 6 heteroatoms. The first kappa shape index (κ1) is 14.4. The van der Waals surface area contributed by atoms with Crippen LogP contribution < -0.4 is 9.64 Å². The van der Waals surface area contributed by atoms with Crippen LogP contribution in [-0.2, 0) is 14.3 Å². The van der Waals surface area contributed by atoms with Crippen molar-refractivity contribution in [2.45, 2.75) is 43.9 Å². The second-order valence-electron chi connectivity index (χ2n) is 6.46. The van der Waals surface area contributed by atoms with Gasteiger partial charge in [0, 0.05) is 6.92 Å². The topological polar surface area (TPSA) is 65.1 Å². The first-order valence-corrected chi connectivity index (χ1v) is 7.92. The van der Waals surface area contributed by atoms with Gasteiger partial charge in [0.2, 0.25) is 0 Å². The summed E-state index contributed by atoms with van der Waals surface area (Å²) in [6.07, 6.45) is 2.76. The summed E-state index contributed by atoms with van der Waals surface area (Å²) in [5.74, 6) is -1.31. The number of anilines is 1. The van der Waals surface area contributed by atoms with Gasteiger partial charge in [-0.15, -0.1) is 0 Å². The summed E-state index contributed by atoms with van der Waals surface area (Å²) in [5, 5.41) is 0. The SMILES string of the molecule is COc1ccccc1N1C(=O)O[C@]2(C)OC(=O)[C@H]3CCCC[C@@]312. The molecule has 23 heavy (non-hydrogen) atoms. The van der Waals surface area contributed by atoms with E-state index < -0.39 is 17.4 Å². The number of ether oxygens (including phenoxy) is 3. The summed E-state index contributed by atoms with van der Waals surface area (Å²) in [6.45, 7) is 1.70. The summed E-state index contributed by atoms with van der Waals surface area (Å²) in [7, 11) is 1.56. The van der Waals surface area contributed by atoms with Gasteiger partial charge in [-0.3, -0.25) is 9.69 Å². The molecule has 4 rings (SSSR count). The molecule has 2 saturated heterocycles. The fourth-order valence-corrected chi connectivity index (χ4v) is 4.45. The van der Waals surface area contributed by atoms with Crippen molar-refractivity contribution >= 4 is 17.7 Å². The second kappa shape index (κ2) is 4.63. The molecule has 3 atom stereocenters. The van der Waals surface area contributed by atoms with Gasteiger partial charge in [0.05, 0.1) is 18.7 Å². The summed E-state index contributed by atoms with van der Waals surface area (Å²) >= 11 is 0. The Kier molecular flexibility index (Phi) is 2.89. The highest BCUT2D eigenvalue weighted by atomic mass is 16.8. The quantitative estimate of drug-likeness (QED) is 0.785. The molecule has 0 N–H and O–H groups in total. The maximum absolute atomic E-state index is 12.7. The van der Waals surface area contributed by atoms with E-state index in [0.717, 1.165) is 12.8 Å². The minimum absolute atomic E-state index is 0.278. The molecule has 1 spiro atoms. The van der Waals surface area contributed by atoms with Gasteiger partial charge in [0.1, 0.15) is 11.3 Å². The van der Waals surface area contributed by atoms with Gasteiger partial charge in [-0.1, -0.05) is 25.0 Å². The number of para-hydroxylation sites is 2. The van der Waals surface area contributed by atoms with Gasteiger partial charge in [-0.25, -0.2) is 4.79 Å². The smallest absolute Gasteiger partial charge is 0.418 e. The molecule has 1 aromatic carbocycles. The Bertz CT molecular complexity index is 689. The lowest BCUT2D eigenvalue weighted by molar-refractivity contribution is -0.182. The standard InChI is InChI=1S/C17H19NO5/c1-16-17(10-6-5-7-11(17)14(19)22-16)18(15(20)23-16)12-8-3-4-9-13(12)21-2/h3-4,8-9,11H,5-7,10H2,1-2H3/t11-,16+,17+/m1/s1. The van der Waals surface area contributed by atoms with Crippen molar-refractivity contribution in [1.29, 1.82) is 0 Å². The highest BCUT2D eigenvalue weighted by Crippen LogP contribution is 2.58. The Hall–Kier alpha value is -2.24. The van der Waals surface area contributed by atoms with Gasteiger partial charge in [0.25, 0.3) is 5.79 Å². The minimum Gasteiger partial charge on any atom is -0.495 e. The fraction of sp³-hybridized carbons (Fsp3) is 0.529. The number of carbonyl (C=O) groups is 2. The number of amides is 1. The van der Waals surface area contributed by atoms with Crippen LogP contribution in [0.1, 0.15) is 32.6 Å². The first-order valence-electron chi connectivity index (χ1n) is 7.92. The number of nitrogens with zero attached hydrogens (tertiary/aromatic N) is 1. The van der Waals surface area contributed by atoms with Crippen LogP contribution in [0.25, 0.3) is 0 Å². The van der Waals surface area contributed by atoms with Gasteiger partial charge >= 0.3 is 12.1 Å². The molecular weight excluding hydrogens is 298 g/mol. The van der Waals surface area contributed by atoms with Crippen LogP contribution in [0.15, 0.2) is 24.3 Å². The second-order valence-corrected chi connectivity index (χ2v) is 6.46. The third-order valence-electron chi connectivity index (χ3n) is 5.43. The first-order chi connectivity index (χ1) is 11.0. The molecule has 0 unspecified atom stereocenters. The molecule has 122 valence electrons. The van der Waals surface area contributed by atoms with Crippen molar-refractivity contribution in [3.63, 3.8) is 0 Å². The zero-order valence-electron chi connectivity index (χ0n) is 13.2. The molecule has 3 aliphatic rings. The van der Waals surface area contributed by atoms with Gasteiger partial charge in [0.15, 0.2) is 0 Å². The molecular formula is C17H19NO5. The van der Waals surface area contributed by atoms with Gasteiger partial charge in [-0.2, -0.15) is 0 Å². The Labute approximate surface area is 134 Å². The normalized spacial score (nSPS) is 35.4. The van der Waals surface area contributed by atoms with E-state index in [1.54, 1.807) is 25.0 Å². The van der Waals surface area contributed by atoms with E-state index in [1.807, 2.05) is 18.2 Å². The molecule has 1 aliphatic carbocycles. The number of hydrogen-bond acceptors (Lipinski definition) is 5. The highest BCUT2D eigenvalue weighted by molar-refractivity contribution is 5.98. The number of methoxy groups -OCH3 is 1. The molecule has 1 saturated carbocycles. The Balaban J connectivity index is 1.92. The van der Waals surface area contributed by atoms with Crippen molar-refractivity contribution in [2.24, 2.45) is 5.92 Å². The molecule has 6 nitrogen and oxygen atoms in total. The summed E-state index contributed by atoms with van der Waals surface area (Å²) in [4.78, 5) is 26.7. The van der Waals surface area contributed by atoms with E-state index in [-0.39, 0.29) is 11.9 Å². The lowest BCUT2D eigenvalue weighted by atomic mass is 9.69. The molecule has 2 heterocycles. The Morgan fingerprint density at radius 1 is 1.22 bits per heavy atom. The van der Waals surface area contributed by atoms with Crippen molar-refractivity contribution in [3.05, 3.63) is 24.3 Å². The third-order valence-corrected chi connectivity index (χ3v) is 5.43. The van der Waals surface area contributed by atoms with E-state index in [1.165, 1.54) is 0 Å². The zero-order chi connectivity index (χ0) is 16.2. The van der Waals surface area contributed by atoms with E-state index in [2.05, 4.69) is 0 Å². The average Bonchev–Trinajstić information content (AvgIpc) is 2.88. The van der Waals surface area contributed by atoms with Gasteiger partial charge < -0.3 is 14.2 Å². The molecule has 1 amide bonds. The van der Waals surface area contributed by atoms with Crippen molar-refractivity contribution in [2.75, 3.05) is 12.0 Å². The van der Waals surface area contributed by atoms with Crippen LogP contribution >= 0.6 is 0 Å². The summed E-state index contributed by atoms with van der Waals surface area (Å²) < 4.78 is 16.5. The van der Waals surface area contributed by atoms with Crippen molar-refractivity contribution < 1.29 is 23.8 Å². The molecule has 0 radical (unpaired) electrons. The largest absolute Gasteiger partial charge is 0.495 e. The van der Waals surface area contributed by atoms with Crippen LogP contribution in [0, 0.1) is 5.92 Å². The van der Waals surface area contributed by atoms with Crippen LogP contribution in [0.4, 0.5) is 10.5 Å². The van der Waals surface area contributed by atoms with E-state index in [4.69, 9.17) is 14.2 Å². The third kappa shape index (κ3) is 1.63. The number of benzene rings is 1. The molecule has 1 aromatic rings. The number of esters is 1. The van der Waals surface area contributed by atoms with Crippen molar-refractivity contribution in [3.8, 4) is 5.75 Å². The maximum Gasteiger partial charge on any atom is 0.418 e. The predicted octanol–water partition coefficient (Wildman–Crippen LogP) is 2.85. The van der Waals surface area contributed by atoms with Crippen LogP contribution in [0.5, 0.6) is 5.75 Å². The maximum atomic E-state index is 12.7. The van der Waals surface area contributed by atoms with E-state index in [9.17, 15) is 9.59 Å². The molecule has 3 fully saturated rings. The van der Waals surface area contributed by atoms with Crippen molar-refractivity contribution in [1.82, 2.24) is 0 Å². The van der Waals surface area contributed by atoms with Crippen LogP contribution in [0.3, 0.4) is 0 Å². The number of rotatable bonds is 2. The summed E-state index contributed by atoms with van der Waals surface area (Å²) in [5.41, 5.74) is -0.178. The highest BCUT2D eigenvalue weighted by Gasteiger charge is 2.75.